The maximum absolute atomic E-state index is 13.0. The zero-order chi connectivity index (χ0) is 22.2. The van der Waals surface area contributed by atoms with Gasteiger partial charge in [-0.05, 0) is 49.2 Å². The molecule has 0 fully saturated rings. The number of nitrogens with zero attached hydrogens (tertiary/aromatic N) is 3. The monoisotopic (exact) mass is 458 g/mol. The molecule has 1 amide bonds. The first-order valence-corrected chi connectivity index (χ1v) is 11.4. The number of benzene rings is 2. The highest BCUT2D eigenvalue weighted by molar-refractivity contribution is 7.98. The number of rotatable bonds is 9. The van der Waals surface area contributed by atoms with Gasteiger partial charge in [0.05, 0.1) is 0 Å². The number of nitrogens with one attached hydrogen (secondary N) is 1. The van der Waals surface area contributed by atoms with Crippen LogP contribution in [-0.2, 0) is 12.3 Å². The van der Waals surface area contributed by atoms with Gasteiger partial charge in [0.2, 0.25) is 0 Å². The third-order valence-electron chi connectivity index (χ3n) is 4.70. The van der Waals surface area contributed by atoms with Crippen molar-refractivity contribution in [3.05, 3.63) is 82.3 Å². The predicted molar refractivity (Wildman–Crippen MR) is 124 cm³/mol. The van der Waals surface area contributed by atoms with Crippen molar-refractivity contribution >= 4 is 35.1 Å². The molecule has 0 spiro atoms. The second-order valence-electron chi connectivity index (χ2n) is 6.80. The molecule has 0 bridgehead atoms. The summed E-state index contributed by atoms with van der Waals surface area (Å²) in [5, 5.41) is 3.88. The number of hydrogen-bond donors (Lipinski definition) is 1. The first-order valence-electron chi connectivity index (χ1n) is 10.0. The quantitative estimate of drug-likeness (QED) is 0.266. The van der Waals surface area contributed by atoms with E-state index in [1.54, 1.807) is 30.3 Å². The van der Waals surface area contributed by atoms with Gasteiger partial charge >= 0.3 is 0 Å². The van der Waals surface area contributed by atoms with Gasteiger partial charge in [0.1, 0.15) is 16.8 Å². The van der Waals surface area contributed by atoms with Crippen LogP contribution in [0.1, 0.15) is 35.3 Å². The van der Waals surface area contributed by atoms with Crippen molar-refractivity contribution in [3.8, 4) is 0 Å². The minimum atomic E-state index is -0.295. The Morgan fingerprint density at radius 1 is 1.03 bits per heavy atom. The van der Waals surface area contributed by atoms with Crippen LogP contribution in [0, 0.1) is 5.82 Å². The molecule has 162 valence electrons. The van der Waals surface area contributed by atoms with Gasteiger partial charge in [-0.25, -0.2) is 14.4 Å². The van der Waals surface area contributed by atoms with Gasteiger partial charge in [0.15, 0.2) is 5.16 Å². The van der Waals surface area contributed by atoms with E-state index < -0.39 is 0 Å². The lowest BCUT2D eigenvalue weighted by Crippen LogP contribution is -2.23. The van der Waals surface area contributed by atoms with E-state index in [0.717, 1.165) is 30.0 Å². The zero-order valence-electron chi connectivity index (χ0n) is 17.4. The predicted octanol–water partition coefficient (Wildman–Crippen LogP) is 5.34. The third-order valence-corrected chi connectivity index (χ3v) is 5.81. The van der Waals surface area contributed by atoms with Gasteiger partial charge in [-0.3, -0.25) is 4.79 Å². The Morgan fingerprint density at radius 3 is 2.32 bits per heavy atom. The van der Waals surface area contributed by atoms with E-state index >= 15 is 0 Å². The number of halogens is 2. The summed E-state index contributed by atoms with van der Waals surface area (Å²) in [5.74, 6) is 1.01. The van der Waals surface area contributed by atoms with Gasteiger partial charge in [-0.2, -0.15) is 0 Å². The lowest BCUT2D eigenvalue weighted by Gasteiger charge is -2.20. The lowest BCUT2D eigenvalue weighted by atomic mass is 10.1. The van der Waals surface area contributed by atoms with E-state index in [-0.39, 0.29) is 11.7 Å². The molecule has 1 heterocycles. The molecule has 0 aliphatic carbocycles. The summed E-state index contributed by atoms with van der Waals surface area (Å²) in [7, 11) is 0. The molecule has 3 rings (SSSR count). The number of thioether (sulfide) groups is 1. The van der Waals surface area contributed by atoms with Gasteiger partial charge in [0.25, 0.3) is 5.91 Å². The van der Waals surface area contributed by atoms with E-state index in [1.807, 2.05) is 12.1 Å². The van der Waals surface area contributed by atoms with Crippen LogP contribution in [0.2, 0.25) is 5.15 Å². The fourth-order valence-electron chi connectivity index (χ4n) is 2.95. The SMILES string of the molecule is CCN(CC)c1cc(Cl)nc(SCc2ccc(C(=O)NCc3ccc(F)cc3)cc2)n1. The van der Waals surface area contributed by atoms with Crippen LogP contribution in [-0.4, -0.2) is 29.0 Å². The Hall–Kier alpha value is -2.64. The third kappa shape index (κ3) is 6.67. The molecular weight excluding hydrogens is 435 g/mol. The average molecular weight is 459 g/mol. The zero-order valence-corrected chi connectivity index (χ0v) is 19.0. The smallest absolute Gasteiger partial charge is 0.251 e. The minimum Gasteiger partial charge on any atom is -0.357 e. The molecule has 0 saturated heterocycles. The van der Waals surface area contributed by atoms with E-state index in [9.17, 15) is 9.18 Å². The summed E-state index contributed by atoms with van der Waals surface area (Å²) in [4.78, 5) is 23.4. The van der Waals surface area contributed by atoms with Crippen LogP contribution >= 0.6 is 23.4 Å². The number of hydrogen-bond acceptors (Lipinski definition) is 5. The van der Waals surface area contributed by atoms with E-state index in [0.29, 0.717) is 28.2 Å². The number of carbonyl (C=O) groups excluding carboxylic acids is 1. The van der Waals surface area contributed by atoms with Gasteiger partial charge in [-0.15, -0.1) is 0 Å². The molecule has 1 N–H and O–H groups in total. The Balaban J connectivity index is 1.57. The van der Waals surface area contributed by atoms with Crippen molar-refractivity contribution in [2.45, 2.75) is 31.3 Å². The minimum absolute atomic E-state index is 0.175. The molecule has 2 aromatic carbocycles. The molecule has 0 atom stereocenters. The average Bonchev–Trinajstić information content (AvgIpc) is 2.78. The molecule has 1 aromatic heterocycles. The van der Waals surface area contributed by atoms with E-state index in [4.69, 9.17) is 11.6 Å². The largest absolute Gasteiger partial charge is 0.357 e. The van der Waals surface area contributed by atoms with Crippen LogP contribution in [0.4, 0.5) is 10.2 Å². The molecule has 0 aliphatic heterocycles. The molecule has 0 radical (unpaired) electrons. The summed E-state index contributed by atoms with van der Waals surface area (Å²) in [5.41, 5.74) is 2.46. The molecule has 0 aliphatic rings. The number of anilines is 1. The summed E-state index contributed by atoms with van der Waals surface area (Å²) in [6, 6.07) is 15.2. The highest BCUT2D eigenvalue weighted by atomic mass is 35.5. The molecule has 0 unspecified atom stereocenters. The first kappa shape index (κ1) is 23.0. The standard InChI is InChI=1S/C23H24ClFN4OS/c1-3-29(4-2)21-13-20(24)27-23(28-21)31-15-17-5-9-18(10-6-17)22(30)26-14-16-7-11-19(25)12-8-16/h5-13H,3-4,14-15H2,1-2H3,(H,26,30). The van der Waals surface area contributed by atoms with Gasteiger partial charge in [-0.1, -0.05) is 47.6 Å². The number of amides is 1. The van der Waals surface area contributed by atoms with Crippen molar-refractivity contribution in [1.82, 2.24) is 15.3 Å². The topological polar surface area (TPSA) is 58.1 Å². The maximum atomic E-state index is 13.0. The van der Waals surface area contributed by atoms with Crippen molar-refractivity contribution < 1.29 is 9.18 Å². The van der Waals surface area contributed by atoms with Crippen LogP contribution in [0.5, 0.6) is 0 Å². The maximum Gasteiger partial charge on any atom is 0.251 e. The van der Waals surface area contributed by atoms with E-state index in [1.165, 1.54) is 23.9 Å². The first-order chi connectivity index (χ1) is 15.0. The Bertz CT molecular complexity index is 1010. The molecule has 5 nitrogen and oxygen atoms in total. The Kier molecular flexibility index (Phi) is 8.26. The molecule has 31 heavy (non-hydrogen) atoms. The Labute approximate surface area is 191 Å². The van der Waals surface area contributed by atoms with Crippen LogP contribution < -0.4 is 10.2 Å². The fraction of sp³-hybridized carbons (Fsp3) is 0.261. The van der Waals surface area contributed by atoms with Crippen molar-refractivity contribution in [3.63, 3.8) is 0 Å². The van der Waals surface area contributed by atoms with Crippen molar-refractivity contribution in [2.24, 2.45) is 0 Å². The summed E-state index contributed by atoms with van der Waals surface area (Å²) in [6.07, 6.45) is 0. The van der Waals surface area contributed by atoms with Crippen LogP contribution in [0.15, 0.2) is 59.8 Å². The second-order valence-corrected chi connectivity index (χ2v) is 8.13. The normalized spacial score (nSPS) is 10.7. The van der Waals surface area contributed by atoms with Gasteiger partial charge < -0.3 is 10.2 Å². The number of carbonyl (C=O) groups is 1. The lowest BCUT2D eigenvalue weighted by molar-refractivity contribution is 0.0951. The number of aromatic nitrogens is 2. The molecular formula is C23H24ClFN4OS. The van der Waals surface area contributed by atoms with Crippen LogP contribution in [0.25, 0.3) is 0 Å². The summed E-state index contributed by atoms with van der Waals surface area (Å²) >= 11 is 7.67. The molecule has 3 aromatic rings. The fourth-order valence-corrected chi connectivity index (χ4v) is 3.98. The highest BCUT2D eigenvalue weighted by Crippen LogP contribution is 2.24. The molecule has 8 heteroatoms. The van der Waals surface area contributed by atoms with E-state index in [2.05, 4.69) is 34.0 Å². The van der Waals surface area contributed by atoms with Gasteiger partial charge in [0, 0.05) is 37.0 Å². The van der Waals surface area contributed by atoms with Crippen molar-refractivity contribution in [1.29, 1.82) is 0 Å². The van der Waals surface area contributed by atoms with Crippen LogP contribution in [0.3, 0.4) is 0 Å². The summed E-state index contributed by atoms with van der Waals surface area (Å²) in [6.45, 7) is 6.18. The highest BCUT2D eigenvalue weighted by Gasteiger charge is 2.10. The van der Waals surface area contributed by atoms with Crippen molar-refractivity contribution in [2.75, 3.05) is 18.0 Å². The summed E-state index contributed by atoms with van der Waals surface area (Å²) < 4.78 is 13.0. The second kappa shape index (κ2) is 11.1. The Morgan fingerprint density at radius 2 is 1.68 bits per heavy atom. The molecule has 0 saturated carbocycles.